The van der Waals surface area contributed by atoms with Crippen LogP contribution in [0, 0.1) is 5.82 Å². The molecule has 2 fully saturated rings. The van der Waals surface area contributed by atoms with Crippen molar-refractivity contribution >= 4 is 17.5 Å². The van der Waals surface area contributed by atoms with Crippen LogP contribution in [0.25, 0.3) is 0 Å². The van der Waals surface area contributed by atoms with Crippen molar-refractivity contribution in [2.45, 2.75) is 12.6 Å². The second-order valence-electron chi connectivity index (χ2n) is 7.18. The number of hydrogen-bond acceptors (Lipinski definition) is 5. The highest BCUT2D eigenvalue weighted by Crippen LogP contribution is 2.28. The maximum Gasteiger partial charge on any atom is 0.414 e. The molecule has 2 aromatic rings. The zero-order valence-corrected chi connectivity index (χ0v) is 15.6. The first kappa shape index (κ1) is 18.7. The third kappa shape index (κ3) is 3.95. The van der Waals surface area contributed by atoms with Gasteiger partial charge in [-0.15, -0.1) is 0 Å². The van der Waals surface area contributed by atoms with Gasteiger partial charge in [0.25, 0.3) is 0 Å². The lowest BCUT2D eigenvalue weighted by Gasteiger charge is -2.36. The topological polar surface area (TPSA) is 56.3 Å². The number of aliphatic hydroxyl groups excluding tert-OH is 1. The van der Waals surface area contributed by atoms with E-state index in [-0.39, 0.29) is 19.0 Å². The molecule has 1 unspecified atom stereocenters. The molecular formula is C21H24FN3O3. The Hall–Kier alpha value is -2.64. The number of benzene rings is 2. The number of halogens is 1. The summed E-state index contributed by atoms with van der Waals surface area (Å²) in [6.07, 6.45) is -1.12. The number of amides is 1. The molecular weight excluding hydrogens is 361 g/mol. The Kier molecular flexibility index (Phi) is 5.45. The van der Waals surface area contributed by atoms with E-state index >= 15 is 0 Å². The predicted octanol–water partition coefficient (Wildman–Crippen LogP) is 2.47. The van der Waals surface area contributed by atoms with E-state index in [1.54, 1.807) is 12.1 Å². The molecule has 2 heterocycles. The summed E-state index contributed by atoms with van der Waals surface area (Å²) in [6.45, 7) is 4.13. The Labute approximate surface area is 163 Å². The number of carbonyl (C=O) groups is 1. The van der Waals surface area contributed by atoms with Crippen LogP contribution in [0.5, 0.6) is 0 Å². The molecule has 1 N–H and O–H groups in total. The van der Waals surface area contributed by atoms with E-state index < -0.39 is 12.2 Å². The van der Waals surface area contributed by atoms with E-state index in [1.165, 1.54) is 16.5 Å². The highest BCUT2D eigenvalue weighted by molar-refractivity contribution is 5.90. The number of nitrogens with zero attached hydrogens (tertiary/aromatic N) is 3. The normalized spacial score (nSPS) is 20.5. The van der Waals surface area contributed by atoms with Crippen molar-refractivity contribution in [3.05, 3.63) is 59.9 Å². The smallest absolute Gasteiger partial charge is 0.414 e. The van der Waals surface area contributed by atoms with Crippen LogP contribution >= 0.6 is 0 Å². The second-order valence-corrected chi connectivity index (χ2v) is 7.18. The molecule has 1 atom stereocenters. The molecule has 0 radical (unpaired) electrons. The van der Waals surface area contributed by atoms with Gasteiger partial charge in [0.05, 0.1) is 24.5 Å². The zero-order chi connectivity index (χ0) is 19.5. The molecule has 2 aliphatic heterocycles. The van der Waals surface area contributed by atoms with Crippen LogP contribution in [0.4, 0.5) is 20.6 Å². The summed E-state index contributed by atoms with van der Waals surface area (Å²) < 4.78 is 19.8. The number of anilines is 2. The molecule has 0 bridgehead atoms. The molecule has 6 nitrogen and oxygen atoms in total. The Morgan fingerprint density at radius 1 is 1.07 bits per heavy atom. The van der Waals surface area contributed by atoms with Gasteiger partial charge in [0.2, 0.25) is 0 Å². The van der Waals surface area contributed by atoms with Crippen molar-refractivity contribution in [1.82, 2.24) is 4.90 Å². The first-order chi connectivity index (χ1) is 13.6. The highest BCUT2D eigenvalue weighted by atomic mass is 19.1. The predicted molar refractivity (Wildman–Crippen MR) is 105 cm³/mol. The van der Waals surface area contributed by atoms with Crippen molar-refractivity contribution in [2.75, 3.05) is 49.1 Å². The highest BCUT2D eigenvalue weighted by Gasteiger charge is 2.32. The van der Waals surface area contributed by atoms with Crippen LogP contribution in [0.15, 0.2) is 48.5 Å². The Balaban J connectivity index is 1.38. The summed E-state index contributed by atoms with van der Waals surface area (Å²) in [5, 5.41) is 9.14. The van der Waals surface area contributed by atoms with Gasteiger partial charge in [-0.05, 0) is 23.8 Å². The lowest BCUT2D eigenvalue weighted by molar-refractivity contribution is 0.0963. The summed E-state index contributed by atoms with van der Waals surface area (Å²) in [7, 11) is 0. The van der Waals surface area contributed by atoms with Crippen LogP contribution < -0.4 is 9.80 Å². The maximum atomic E-state index is 14.8. The first-order valence-corrected chi connectivity index (χ1v) is 9.54. The maximum absolute atomic E-state index is 14.8. The van der Waals surface area contributed by atoms with Gasteiger partial charge in [-0.1, -0.05) is 30.3 Å². The number of cyclic esters (lactones) is 1. The largest absolute Gasteiger partial charge is 0.441 e. The van der Waals surface area contributed by atoms with Crippen molar-refractivity contribution in [3.8, 4) is 0 Å². The fourth-order valence-corrected chi connectivity index (χ4v) is 3.74. The Morgan fingerprint density at radius 3 is 2.46 bits per heavy atom. The zero-order valence-electron chi connectivity index (χ0n) is 15.6. The number of hydrogen-bond donors (Lipinski definition) is 1. The summed E-state index contributed by atoms with van der Waals surface area (Å²) in [5.41, 5.74) is 2.28. The van der Waals surface area contributed by atoms with Crippen molar-refractivity contribution in [3.63, 3.8) is 0 Å². The van der Waals surface area contributed by atoms with Gasteiger partial charge in [-0.3, -0.25) is 9.80 Å². The van der Waals surface area contributed by atoms with Crippen molar-refractivity contribution in [1.29, 1.82) is 0 Å². The Morgan fingerprint density at radius 2 is 1.82 bits per heavy atom. The number of rotatable bonds is 5. The minimum absolute atomic E-state index is 0.228. The average molecular weight is 385 g/mol. The number of carbonyl (C=O) groups excluding carboxylic acids is 1. The minimum Gasteiger partial charge on any atom is -0.441 e. The molecule has 148 valence electrons. The number of ether oxygens (including phenoxy) is 1. The van der Waals surface area contributed by atoms with Gasteiger partial charge in [0, 0.05) is 32.7 Å². The fourth-order valence-electron chi connectivity index (χ4n) is 3.74. The average Bonchev–Trinajstić information content (AvgIpc) is 3.10. The first-order valence-electron chi connectivity index (χ1n) is 9.54. The molecule has 0 aromatic heterocycles. The lowest BCUT2D eigenvalue weighted by Crippen LogP contribution is -2.46. The van der Waals surface area contributed by atoms with Gasteiger partial charge >= 0.3 is 6.09 Å². The van der Waals surface area contributed by atoms with Crippen molar-refractivity contribution < 1.29 is 19.0 Å². The van der Waals surface area contributed by atoms with E-state index in [0.29, 0.717) is 11.4 Å². The van der Waals surface area contributed by atoms with Gasteiger partial charge < -0.3 is 14.7 Å². The van der Waals surface area contributed by atoms with Crippen LogP contribution in [-0.4, -0.2) is 61.5 Å². The quantitative estimate of drug-likeness (QED) is 0.857. The molecule has 7 heteroatoms. The van der Waals surface area contributed by atoms with E-state index in [0.717, 1.165) is 32.7 Å². The summed E-state index contributed by atoms with van der Waals surface area (Å²) in [4.78, 5) is 17.6. The molecule has 1 amide bonds. The fraction of sp³-hybridized carbons (Fsp3) is 0.381. The van der Waals surface area contributed by atoms with Gasteiger partial charge in [0.15, 0.2) is 0 Å². The van der Waals surface area contributed by atoms with Crippen LogP contribution in [0.2, 0.25) is 0 Å². The van der Waals surface area contributed by atoms with Crippen molar-refractivity contribution in [2.24, 2.45) is 0 Å². The van der Waals surface area contributed by atoms with Crippen LogP contribution in [-0.2, 0) is 11.3 Å². The van der Waals surface area contributed by atoms with Gasteiger partial charge in [-0.2, -0.15) is 0 Å². The second kappa shape index (κ2) is 8.16. The van der Waals surface area contributed by atoms with Gasteiger partial charge in [-0.25, -0.2) is 9.18 Å². The minimum atomic E-state index is -0.562. The summed E-state index contributed by atoms with van der Waals surface area (Å²) in [6, 6.07) is 15.2. The third-order valence-electron chi connectivity index (χ3n) is 5.28. The third-order valence-corrected chi connectivity index (χ3v) is 5.28. The standard InChI is InChI=1S/C21H24FN3O3/c22-19-12-17(25-14-18(15-26)28-21(25)27)6-7-20(19)24-10-8-23(9-11-24)13-16-4-2-1-3-5-16/h1-7,12,18,26H,8-11,13-15H2. The molecule has 0 saturated carbocycles. The molecule has 2 saturated heterocycles. The Bertz CT molecular complexity index is 825. The molecule has 0 aliphatic carbocycles. The van der Waals surface area contributed by atoms with Gasteiger partial charge in [0.1, 0.15) is 11.9 Å². The van der Waals surface area contributed by atoms with E-state index in [1.807, 2.05) is 23.1 Å². The molecule has 0 spiro atoms. The summed E-state index contributed by atoms with van der Waals surface area (Å²) in [5.74, 6) is -0.353. The molecule has 4 rings (SSSR count). The van der Waals surface area contributed by atoms with E-state index in [2.05, 4.69) is 17.0 Å². The lowest BCUT2D eigenvalue weighted by atomic mass is 10.1. The molecule has 28 heavy (non-hydrogen) atoms. The van der Waals surface area contributed by atoms with E-state index in [4.69, 9.17) is 9.84 Å². The van der Waals surface area contributed by atoms with Crippen LogP contribution in [0.3, 0.4) is 0 Å². The molecule has 2 aromatic carbocycles. The summed E-state index contributed by atoms with van der Waals surface area (Å²) >= 11 is 0. The SMILES string of the molecule is O=C1OC(CO)CN1c1ccc(N2CCN(Cc3ccccc3)CC2)c(F)c1. The molecule has 2 aliphatic rings. The number of aliphatic hydroxyl groups is 1. The monoisotopic (exact) mass is 385 g/mol. The van der Waals surface area contributed by atoms with E-state index in [9.17, 15) is 9.18 Å². The number of piperazine rings is 1. The van der Waals surface area contributed by atoms with Crippen LogP contribution in [0.1, 0.15) is 5.56 Å².